The molecule has 1 aliphatic heterocycles. The van der Waals surface area contributed by atoms with Crippen LogP contribution in [-0.2, 0) is 9.59 Å². The first-order valence-corrected chi connectivity index (χ1v) is 10.6. The number of carbonyl (C=O) groups is 4. The van der Waals surface area contributed by atoms with Gasteiger partial charge in [0, 0.05) is 48.7 Å². The van der Waals surface area contributed by atoms with Gasteiger partial charge in [-0.3, -0.25) is 19.2 Å². The number of nitrogens with zero attached hydrogens (tertiary/aromatic N) is 2. The summed E-state index contributed by atoms with van der Waals surface area (Å²) >= 11 is 0. The normalized spacial score (nSPS) is 12.7. The lowest BCUT2D eigenvalue weighted by molar-refractivity contribution is -0.126. The molecule has 1 N–H and O–H groups in total. The highest BCUT2D eigenvalue weighted by atomic mass is 16.2. The zero-order chi connectivity index (χ0) is 24.4. The van der Waals surface area contributed by atoms with Crippen molar-refractivity contribution in [3.8, 4) is 0 Å². The van der Waals surface area contributed by atoms with Crippen molar-refractivity contribution in [1.29, 1.82) is 0 Å². The Bertz CT molecular complexity index is 1020. The second kappa shape index (κ2) is 12.1. The van der Waals surface area contributed by atoms with E-state index in [1.54, 1.807) is 36.1 Å². The van der Waals surface area contributed by atoms with Crippen LogP contribution in [-0.4, -0.2) is 54.5 Å². The van der Waals surface area contributed by atoms with Crippen LogP contribution in [0.1, 0.15) is 34.6 Å². The zero-order valence-corrected chi connectivity index (χ0v) is 19.0. The maximum atomic E-state index is 11.5. The molecule has 0 atom stereocenters. The Morgan fingerprint density at radius 3 is 1.67 bits per heavy atom. The van der Waals surface area contributed by atoms with E-state index in [-0.39, 0.29) is 23.4 Å². The van der Waals surface area contributed by atoms with Crippen LogP contribution >= 0.6 is 0 Å². The third-order valence-corrected chi connectivity index (χ3v) is 5.15. The van der Waals surface area contributed by atoms with Crippen molar-refractivity contribution in [2.75, 3.05) is 36.4 Å². The van der Waals surface area contributed by atoms with E-state index in [4.69, 9.17) is 0 Å². The third kappa shape index (κ3) is 7.57. The highest BCUT2D eigenvalue weighted by Gasteiger charge is 2.19. The summed E-state index contributed by atoms with van der Waals surface area (Å²) in [6, 6.07) is 14.3. The molecule has 0 spiro atoms. The van der Waals surface area contributed by atoms with Crippen LogP contribution in [0, 0.1) is 0 Å². The number of anilines is 2. The van der Waals surface area contributed by atoms with Gasteiger partial charge in [-0.05, 0) is 74.5 Å². The first-order valence-electron chi connectivity index (χ1n) is 10.6. The van der Waals surface area contributed by atoms with E-state index in [9.17, 15) is 19.2 Å². The minimum Gasteiger partial charge on any atom is -0.368 e. The summed E-state index contributed by atoms with van der Waals surface area (Å²) in [6.07, 6.45) is 2.55. The van der Waals surface area contributed by atoms with Gasteiger partial charge in [-0.25, -0.2) is 0 Å². The van der Waals surface area contributed by atoms with E-state index in [0.717, 1.165) is 24.3 Å². The molecule has 0 aliphatic carbocycles. The molecular weight excluding hydrogens is 418 g/mol. The van der Waals surface area contributed by atoms with E-state index in [1.165, 1.54) is 19.1 Å². The highest BCUT2D eigenvalue weighted by Crippen LogP contribution is 2.17. The molecule has 7 heteroatoms. The molecule has 1 fully saturated rings. The van der Waals surface area contributed by atoms with Gasteiger partial charge in [0.1, 0.15) is 0 Å². The largest absolute Gasteiger partial charge is 0.368 e. The number of ketones is 2. The van der Waals surface area contributed by atoms with Crippen molar-refractivity contribution in [2.24, 2.45) is 0 Å². The number of hydrogen-bond donors (Lipinski definition) is 1. The fraction of sp³-hybridized carbons (Fsp3) is 0.231. The summed E-state index contributed by atoms with van der Waals surface area (Å²) in [4.78, 5) is 48.6. The maximum absolute atomic E-state index is 11.5. The quantitative estimate of drug-likeness (QED) is 0.539. The van der Waals surface area contributed by atoms with Crippen LogP contribution in [0.15, 0.2) is 73.8 Å². The summed E-state index contributed by atoms with van der Waals surface area (Å²) < 4.78 is 0. The minimum absolute atomic E-state index is 0.00611. The Morgan fingerprint density at radius 2 is 1.24 bits per heavy atom. The predicted octanol–water partition coefficient (Wildman–Crippen LogP) is 3.74. The molecule has 0 saturated carbocycles. The monoisotopic (exact) mass is 447 g/mol. The van der Waals surface area contributed by atoms with E-state index in [2.05, 4.69) is 23.4 Å². The first-order chi connectivity index (χ1) is 15.7. The molecular formula is C26H29N3O4. The van der Waals surface area contributed by atoms with Crippen LogP contribution in [0.25, 0.3) is 0 Å². The molecule has 0 unspecified atom stereocenters. The molecule has 0 radical (unpaired) electrons. The van der Waals surface area contributed by atoms with Gasteiger partial charge in [0.05, 0.1) is 0 Å². The van der Waals surface area contributed by atoms with Crippen LogP contribution in [0.5, 0.6) is 0 Å². The second-order valence-corrected chi connectivity index (χ2v) is 7.45. The molecule has 172 valence electrons. The maximum Gasteiger partial charge on any atom is 0.247 e. The van der Waals surface area contributed by atoms with Gasteiger partial charge >= 0.3 is 0 Å². The fourth-order valence-electron chi connectivity index (χ4n) is 3.20. The summed E-state index contributed by atoms with van der Waals surface area (Å²) in [5.74, 6) is -0.188. The number of hydrogen-bond acceptors (Lipinski definition) is 5. The van der Waals surface area contributed by atoms with E-state index >= 15 is 0 Å². The Morgan fingerprint density at radius 1 is 0.758 bits per heavy atom. The molecule has 2 aromatic rings. The van der Waals surface area contributed by atoms with Gasteiger partial charge in [-0.1, -0.05) is 13.2 Å². The molecule has 1 saturated heterocycles. The molecule has 1 aliphatic rings. The van der Waals surface area contributed by atoms with Crippen molar-refractivity contribution >= 4 is 34.8 Å². The van der Waals surface area contributed by atoms with E-state index in [0.29, 0.717) is 24.3 Å². The van der Waals surface area contributed by atoms with Crippen LogP contribution < -0.4 is 10.2 Å². The van der Waals surface area contributed by atoms with Gasteiger partial charge < -0.3 is 15.1 Å². The SMILES string of the molecule is C=CC(=O)N1CCN(c2ccc(C(C)=O)cc2)CC1.C=CC(=O)Nc1ccc(C(C)=O)cc1. The molecule has 1 heterocycles. The van der Waals surface area contributed by atoms with Crippen molar-refractivity contribution in [2.45, 2.75) is 13.8 Å². The lowest BCUT2D eigenvalue weighted by Gasteiger charge is -2.35. The van der Waals surface area contributed by atoms with Crippen molar-refractivity contribution in [3.05, 3.63) is 85.0 Å². The fourth-order valence-corrected chi connectivity index (χ4v) is 3.20. The van der Waals surface area contributed by atoms with Gasteiger partial charge in [-0.15, -0.1) is 0 Å². The Balaban J connectivity index is 0.000000245. The molecule has 33 heavy (non-hydrogen) atoms. The van der Waals surface area contributed by atoms with Crippen LogP contribution in [0.4, 0.5) is 11.4 Å². The van der Waals surface area contributed by atoms with Crippen LogP contribution in [0.3, 0.4) is 0 Å². The Hall–Kier alpha value is -4.00. The molecule has 2 aromatic carbocycles. The second-order valence-electron chi connectivity index (χ2n) is 7.45. The number of amides is 2. The average Bonchev–Trinajstić information content (AvgIpc) is 2.84. The van der Waals surface area contributed by atoms with Gasteiger partial charge in [0.15, 0.2) is 11.6 Å². The number of carbonyl (C=O) groups excluding carboxylic acids is 4. The zero-order valence-electron chi connectivity index (χ0n) is 19.0. The third-order valence-electron chi connectivity index (χ3n) is 5.15. The first kappa shape index (κ1) is 25.3. The van der Waals surface area contributed by atoms with Crippen molar-refractivity contribution < 1.29 is 19.2 Å². The number of Topliss-reactive ketones (excluding diaryl/α,β-unsaturated/α-hetero) is 2. The average molecular weight is 448 g/mol. The van der Waals surface area contributed by atoms with Crippen molar-refractivity contribution in [3.63, 3.8) is 0 Å². The summed E-state index contributed by atoms with van der Waals surface area (Å²) in [5, 5.41) is 2.59. The molecule has 0 bridgehead atoms. The topological polar surface area (TPSA) is 86.8 Å². The van der Waals surface area contributed by atoms with Crippen LogP contribution in [0.2, 0.25) is 0 Å². The van der Waals surface area contributed by atoms with Gasteiger partial charge in [-0.2, -0.15) is 0 Å². The molecule has 7 nitrogen and oxygen atoms in total. The lowest BCUT2D eigenvalue weighted by atomic mass is 10.1. The van der Waals surface area contributed by atoms with E-state index in [1.807, 2.05) is 24.3 Å². The number of rotatable bonds is 6. The van der Waals surface area contributed by atoms with Gasteiger partial charge in [0.25, 0.3) is 0 Å². The number of nitrogens with one attached hydrogen (secondary N) is 1. The summed E-state index contributed by atoms with van der Waals surface area (Å²) in [7, 11) is 0. The Labute approximate surface area is 194 Å². The molecule has 2 amide bonds. The number of piperazine rings is 1. The van der Waals surface area contributed by atoms with Gasteiger partial charge in [0.2, 0.25) is 11.8 Å². The summed E-state index contributed by atoms with van der Waals surface area (Å²) in [5.41, 5.74) is 3.10. The molecule has 0 aromatic heterocycles. The predicted molar refractivity (Wildman–Crippen MR) is 131 cm³/mol. The Kier molecular flexibility index (Phi) is 9.30. The number of benzene rings is 2. The lowest BCUT2D eigenvalue weighted by Crippen LogP contribution is -2.48. The summed E-state index contributed by atoms with van der Waals surface area (Å²) in [6.45, 7) is 12.9. The smallest absolute Gasteiger partial charge is 0.247 e. The highest BCUT2D eigenvalue weighted by molar-refractivity contribution is 5.99. The van der Waals surface area contributed by atoms with Crippen molar-refractivity contribution in [1.82, 2.24) is 4.90 Å². The van der Waals surface area contributed by atoms with E-state index < -0.39 is 0 Å². The standard InChI is InChI=1S/C15H18N2O2.C11H11NO2/c1-3-15(19)17-10-8-16(9-11-17)14-6-4-13(5-7-14)12(2)18;1-3-11(14)12-10-6-4-9(5-7-10)8(2)13/h3-7H,1,8-11H2,2H3;3-7H,1H2,2H3,(H,12,14). The minimum atomic E-state index is -0.263. The molecule has 3 rings (SSSR count).